The topological polar surface area (TPSA) is 85.1 Å². The molecule has 1 spiro atoms. The Hall–Kier alpha value is -1.89. The minimum atomic E-state index is 0.336. The molecule has 2 aliphatic carbocycles. The van der Waals surface area contributed by atoms with Gasteiger partial charge in [-0.3, -0.25) is 0 Å². The van der Waals surface area contributed by atoms with Crippen molar-refractivity contribution in [2.24, 2.45) is 11.1 Å². The molecule has 6 nitrogen and oxygen atoms in total. The summed E-state index contributed by atoms with van der Waals surface area (Å²) >= 11 is 6.50. The maximum atomic E-state index is 6.50. The number of hydrogen-bond donors (Lipinski definition) is 3. The van der Waals surface area contributed by atoms with E-state index >= 15 is 0 Å². The molecule has 4 N–H and O–H groups in total. The summed E-state index contributed by atoms with van der Waals surface area (Å²) in [5.74, 6) is 1.75. The van der Waals surface area contributed by atoms with Gasteiger partial charge in [0, 0.05) is 43.1 Å². The zero-order valence-corrected chi connectivity index (χ0v) is 18.0. The van der Waals surface area contributed by atoms with Crippen LogP contribution in [-0.2, 0) is 4.74 Å². The van der Waals surface area contributed by atoms with Gasteiger partial charge < -0.3 is 21.1 Å². The van der Waals surface area contributed by atoms with Gasteiger partial charge in [-0.2, -0.15) is 0 Å². The summed E-state index contributed by atoms with van der Waals surface area (Å²) in [6.07, 6.45) is 9.47. The van der Waals surface area contributed by atoms with Gasteiger partial charge in [-0.15, -0.1) is 0 Å². The lowest BCUT2D eigenvalue weighted by Gasteiger charge is -2.27. The summed E-state index contributed by atoms with van der Waals surface area (Å²) in [4.78, 5) is 9.35. The van der Waals surface area contributed by atoms with Gasteiger partial charge in [-0.05, 0) is 68.6 Å². The van der Waals surface area contributed by atoms with Crippen LogP contribution in [0.4, 0.5) is 11.6 Å². The molecular weight excluding hydrogens is 398 g/mol. The number of aromatic nitrogens is 2. The molecule has 0 aromatic carbocycles. The Labute approximate surface area is 183 Å². The molecule has 0 amide bonds. The highest BCUT2D eigenvalue weighted by Gasteiger charge is 2.54. The molecule has 1 atom stereocenters. The molecule has 1 unspecified atom stereocenters. The first kappa shape index (κ1) is 20.0. The van der Waals surface area contributed by atoms with Gasteiger partial charge in [0.1, 0.15) is 11.6 Å². The Bertz CT molecular complexity index is 893. The number of nitrogens with one attached hydrogen (secondary N) is 2. The van der Waals surface area contributed by atoms with E-state index in [1.807, 2.05) is 24.3 Å². The van der Waals surface area contributed by atoms with Crippen LogP contribution in [-0.4, -0.2) is 41.3 Å². The predicted octanol–water partition coefficient (Wildman–Crippen LogP) is 4.46. The van der Waals surface area contributed by atoms with Crippen molar-refractivity contribution in [1.29, 1.82) is 0 Å². The molecule has 3 heterocycles. The summed E-state index contributed by atoms with van der Waals surface area (Å²) in [5.41, 5.74) is 8.20. The van der Waals surface area contributed by atoms with E-state index in [1.54, 1.807) is 6.20 Å². The molecule has 7 heteroatoms. The van der Waals surface area contributed by atoms with Crippen molar-refractivity contribution < 1.29 is 4.74 Å². The fourth-order valence-electron chi connectivity index (χ4n) is 4.91. The number of nitrogens with zero attached hydrogens (tertiary/aromatic N) is 2. The molecule has 0 radical (unpaired) electrons. The zero-order chi connectivity index (χ0) is 20.6. The molecular formula is C23H30ClN5O. The molecule has 160 valence electrons. The van der Waals surface area contributed by atoms with E-state index in [-0.39, 0.29) is 0 Å². The third-order valence-electron chi connectivity index (χ3n) is 7.00. The Morgan fingerprint density at radius 2 is 1.87 bits per heavy atom. The van der Waals surface area contributed by atoms with Crippen LogP contribution < -0.4 is 16.4 Å². The van der Waals surface area contributed by atoms with Crippen molar-refractivity contribution in [3.05, 3.63) is 35.5 Å². The second-order valence-corrected chi connectivity index (χ2v) is 9.50. The number of hydrogen-bond acceptors (Lipinski definition) is 6. The Morgan fingerprint density at radius 1 is 1.07 bits per heavy atom. The normalized spacial score (nSPS) is 27.6. The smallest absolute Gasteiger partial charge is 0.126 e. The van der Waals surface area contributed by atoms with Crippen LogP contribution in [0.3, 0.4) is 0 Å². The number of nitrogens with two attached hydrogens (primary N) is 1. The van der Waals surface area contributed by atoms with Crippen LogP contribution in [0.2, 0.25) is 5.02 Å². The Morgan fingerprint density at radius 3 is 2.67 bits per heavy atom. The van der Waals surface area contributed by atoms with Crippen molar-refractivity contribution in [2.75, 3.05) is 23.8 Å². The quantitative estimate of drug-likeness (QED) is 0.653. The fraction of sp³-hybridized carbons (Fsp3) is 0.565. The summed E-state index contributed by atoms with van der Waals surface area (Å²) in [6.45, 7) is 1.75. The highest BCUT2D eigenvalue weighted by Crippen LogP contribution is 2.54. The van der Waals surface area contributed by atoms with E-state index in [2.05, 4.69) is 15.6 Å². The summed E-state index contributed by atoms with van der Waals surface area (Å²) in [7, 11) is 0. The molecule has 2 aromatic heterocycles. The summed E-state index contributed by atoms with van der Waals surface area (Å²) in [5, 5.41) is 7.81. The molecule has 2 aromatic rings. The fourth-order valence-corrected chi connectivity index (χ4v) is 5.11. The summed E-state index contributed by atoms with van der Waals surface area (Å²) in [6, 6.07) is 9.34. The Balaban J connectivity index is 1.30. The maximum Gasteiger partial charge on any atom is 0.126 e. The summed E-state index contributed by atoms with van der Waals surface area (Å²) < 4.78 is 5.53. The van der Waals surface area contributed by atoms with Gasteiger partial charge in [0.05, 0.1) is 10.7 Å². The minimum Gasteiger partial charge on any atom is -0.381 e. The van der Waals surface area contributed by atoms with Gasteiger partial charge in [-0.1, -0.05) is 17.7 Å². The van der Waals surface area contributed by atoms with E-state index < -0.39 is 0 Å². The molecule has 1 aliphatic heterocycles. The molecule has 3 aliphatic rings. The first-order valence-electron chi connectivity index (χ1n) is 11.1. The molecule has 3 fully saturated rings. The van der Waals surface area contributed by atoms with Crippen LogP contribution in [0.5, 0.6) is 0 Å². The SMILES string of the molecule is NC1CCC(Nc2cc(-c3cccc(NC4CC45CCOCC5)n3)c(Cl)cn2)CC1. The van der Waals surface area contributed by atoms with Crippen molar-refractivity contribution in [1.82, 2.24) is 9.97 Å². The monoisotopic (exact) mass is 427 g/mol. The van der Waals surface area contributed by atoms with Crippen molar-refractivity contribution >= 4 is 23.2 Å². The largest absolute Gasteiger partial charge is 0.381 e. The van der Waals surface area contributed by atoms with Gasteiger partial charge in [0.2, 0.25) is 0 Å². The minimum absolute atomic E-state index is 0.336. The number of pyridine rings is 2. The van der Waals surface area contributed by atoms with Gasteiger partial charge in [-0.25, -0.2) is 9.97 Å². The zero-order valence-electron chi connectivity index (χ0n) is 17.2. The number of anilines is 2. The molecule has 5 rings (SSSR count). The van der Waals surface area contributed by atoms with Crippen molar-refractivity contribution in [3.63, 3.8) is 0 Å². The van der Waals surface area contributed by atoms with Gasteiger partial charge in [0.25, 0.3) is 0 Å². The highest BCUT2D eigenvalue weighted by molar-refractivity contribution is 6.33. The van der Waals surface area contributed by atoms with Crippen LogP contribution in [0.25, 0.3) is 11.3 Å². The lowest BCUT2D eigenvalue weighted by atomic mass is 9.92. The first-order valence-corrected chi connectivity index (χ1v) is 11.5. The second-order valence-electron chi connectivity index (χ2n) is 9.09. The first-order chi connectivity index (χ1) is 14.6. The molecule has 30 heavy (non-hydrogen) atoms. The Kier molecular flexibility index (Phi) is 5.56. The lowest BCUT2D eigenvalue weighted by Crippen LogP contribution is -2.33. The third kappa shape index (κ3) is 4.27. The number of rotatable bonds is 5. The number of halogens is 1. The van der Waals surface area contributed by atoms with Crippen molar-refractivity contribution in [2.45, 2.75) is 63.1 Å². The molecule has 1 saturated heterocycles. The third-order valence-corrected chi connectivity index (χ3v) is 7.31. The average molecular weight is 428 g/mol. The van der Waals surface area contributed by atoms with Crippen LogP contribution in [0.1, 0.15) is 44.9 Å². The van der Waals surface area contributed by atoms with Gasteiger partial charge >= 0.3 is 0 Å². The highest BCUT2D eigenvalue weighted by atomic mass is 35.5. The lowest BCUT2D eigenvalue weighted by molar-refractivity contribution is 0.0567. The molecule has 2 saturated carbocycles. The second kappa shape index (κ2) is 8.33. The molecule has 0 bridgehead atoms. The van der Waals surface area contributed by atoms with E-state index in [9.17, 15) is 0 Å². The predicted molar refractivity (Wildman–Crippen MR) is 121 cm³/mol. The number of ether oxygens (including phenoxy) is 1. The van der Waals surface area contributed by atoms with Crippen LogP contribution >= 0.6 is 11.6 Å². The van der Waals surface area contributed by atoms with Crippen LogP contribution in [0, 0.1) is 5.41 Å². The average Bonchev–Trinajstić information content (AvgIpc) is 3.41. The standard InChI is InChI=1S/C23H30ClN5O/c24-18-14-26-22(27-16-6-4-15(25)5-7-16)12-17(18)19-2-1-3-21(28-19)29-20-13-23(20)8-10-30-11-9-23/h1-3,12,14-16,20H,4-11,13,25H2,(H,26,27)(H,28,29). The van der Waals surface area contributed by atoms with Crippen LogP contribution in [0.15, 0.2) is 30.5 Å². The van der Waals surface area contributed by atoms with E-state index in [0.29, 0.717) is 28.6 Å². The van der Waals surface area contributed by atoms with Gasteiger partial charge in [0.15, 0.2) is 0 Å². The van der Waals surface area contributed by atoms with E-state index in [4.69, 9.17) is 27.1 Å². The van der Waals surface area contributed by atoms with Crippen molar-refractivity contribution in [3.8, 4) is 11.3 Å². The maximum absolute atomic E-state index is 6.50. The van der Waals surface area contributed by atoms with E-state index in [0.717, 1.165) is 74.6 Å². The van der Waals surface area contributed by atoms with E-state index in [1.165, 1.54) is 6.42 Å².